The molecule has 20 heavy (non-hydrogen) atoms. The second kappa shape index (κ2) is 7.72. The van der Waals surface area contributed by atoms with Gasteiger partial charge in [0.25, 0.3) is 0 Å². The number of carbonyl (C=O) groups is 1. The monoisotopic (exact) mass is 291 g/mol. The Balaban J connectivity index is 1.89. The molecule has 1 N–H and O–H groups in total. The molecule has 2 rings (SSSR count). The normalized spacial score (nSPS) is 17.7. The lowest BCUT2D eigenvalue weighted by Gasteiger charge is -2.25. The minimum Gasteiger partial charge on any atom is -0.325 e. The number of aryl methyl sites for hydroxylation is 1. The fraction of sp³-hybridized carbons (Fsp3) is 0.588. The molecule has 1 saturated carbocycles. The molecule has 1 fully saturated rings. The van der Waals surface area contributed by atoms with Gasteiger partial charge in [-0.1, -0.05) is 43.9 Å². The summed E-state index contributed by atoms with van der Waals surface area (Å²) < 4.78 is 0. The van der Waals surface area contributed by atoms with E-state index in [9.17, 15) is 4.79 Å². The smallest absolute Gasteiger partial charge is 0.237 e. The van der Waals surface area contributed by atoms with Crippen molar-refractivity contribution in [3.05, 3.63) is 29.8 Å². The van der Waals surface area contributed by atoms with E-state index in [2.05, 4.69) is 19.2 Å². The van der Waals surface area contributed by atoms with Crippen LogP contribution in [-0.4, -0.2) is 16.4 Å². The van der Waals surface area contributed by atoms with Gasteiger partial charge in [0, 0.05) is 10.9 Å². The number of hydrogen-bond acceptors (Lipinski definition) is 2. The van der Waals surface area contributed by atoms with Gasteiger partial charge >= 0.3 is 0 Å². The van der Waals surface area contributed by atoms with Gasteiger partial charge in [0.05, 0.1) is 5.25 Å². The van der Waals surface area contributed by atoms with Gasteiger partial charge in [0.1, 0.15) is 0 Å². The van der Waals surface area contributed by atoms with Crippen LogP contribution in [0.2, 0.25) is 0 Å². The minimum atomic E-state index is 0.0828. The van der Waals surface area contributed by atoms with Crippen LogP contribution in [0.4, 0.5) is 5.69 Å². The molecule has 0 aliphatic heterocycles. The van der Waals surface area contributed by atoms with Crippen molar-refractivity contribution in [2.24, 2.45) is 0 Å². The van der Waals surface area contributed by atoms with Crippen molar-refractivity contribution >= 4 is 23.4 Å². The molecule has 1 aromatic rings. The summed E-state index contributed by atoms with van der Waals surface area (Å²) in [7, 11) is 0. The van der Waals surface area contributed by atoms with E-state index >= 15 is 0 Å². The molecule has 0 heterocycles. The van der Waals surface area contributed by atoms with Gasteiger partial charge in [0.2, 0.25) is 5.91 Å². The van der Waals surface area contributed by atoms with Crippen molar-refractivity contribution in [1.29, 1.82) is 0 Å². The SMILES string of the molecule is CCC(SC1CCCCC1)C(=O)Nc1ccc(C)cc1. The third kappa shape index (κ3) is 4.55. The highest BCUT2D eigenvalue weighted by molar-refractivity contribution is 8.01. The fourth-order valence-electron chi connectivity index (χ4n) is 2.64. The van der Waals surface area contributed by atoms with Crippen molar-refractivity contribution in [2.45, 2.75) is 62.9 Å². The minimum absolute atomic E-state index is 0.0828. The van der Waals surface area contributed by atoms with Crippen molar-refractivity contribution in [2.75, 3.05) is 5.32 Å². The Morgan fingerprint density at radius 2 is 1.90 bits per heavy atom. The van der Waals surface area contributed by atoms with Crippen LogP contribution in [0.1, 0.15) is 51.0 Å². The van der Waals surface area contributed by atoms with E-state index in [0.717, 1.165) is 12.1 Å². The topological polar surface area (TPSA) is 29.1 Å². The van der Waals surface area contributed by atoms with Crippen LogP contribution in [0, 0.1) is 6.92 Å². The Labute approximate surface area is 126 Å². The third-order valence-electron chi connectivity index (χ3n) is 3.89. The lowest BCUT2D eigenvalue weighted by molar-refractivity contribution is -0.115. The van der Waals surface area contributed by atoms with E-state index in [4.69, 9.17) is 0 Å². The summed E-state index contributed by atoms with van der Waals surface area (Å²) in [6, 6.07) is 8.02. The van der Waals surface area contributed by atoms with Gasteiger partial charge in [-0.05, 0) is 38.3 Å². The molecule has 0 spiro atoms. The van der Waals surface area contributed by atoms with Crippen LogP contribution >= 0.6 is 11.8 Å². The molecule has 1 aliphatic carbocycles. The van der Waals surface area contributed by atoms with Gasteiger partial charge in [-0.2, -0.15) is 0 Å². The molecule has 1 unspecified atom stereocenters. The van der Waals surface area contributed by atoms with Gasteiger partial charge in [-0.25, -0.2) is 0 Å². The van der Waals surface area contributed by atoms with Crippen LogP contribution in [0.5, 0.6) is 0 Å². The second-order valence-corrected chi connectivity index (χ2v) is 7.16. The Hall–Kier alpha value is -0.960. The quantitative estimate of drug-likeness (QED) is 0.846. The number of rotatable bonds is 5. The van der Waals surface area contributed by atoms with Crippen molar-refractivity contribution in [1.82, 2.24) is 0 Å². The zero-order valence-corrected chi connectivity index (χ0v) is 13.3. The molecule has 1 atom stereocenters. The van der Waals surface area contributed by atoms with E-state index in [0.29, 0.717) is 5.25 Å². The van der Waals surface area contributed by atoms with E-state index < -0.39 is 0 Å². The van der Waals surface area contributed by atoms with Crippen LogP contribution in [0.3, 0.4) is 0 Å². The summed E-state index contributed by atoms with van der Waals surface area (Å²) in [6.07, 6.45) is 7.47. The van der Waals surface area contributed by atoms with Gasteiger partial charge < -0.3 is 5.32 Å². The molecule has 1 aromatic carbocycles. The number of thioether (sulfide) groups is 1. The number of nitrogens with one attached hydrogen (secondary N) is 1. The summed E-state index contributed by atoms with van der Waals surface area (Å²) in [5, 5.41) is 3.81. The summed E-state index contributed by atoms with van der Waals surface area (Å²) in [5.74, 6) is 0.159. The Kier molecular flexibility index (Phi) is 5.96. The van der Waals surface area contributed by atoms with E-state index in [1.54, 1.807) is 0 Å². The zero-order valence-electron chi connectivity index (χ0n) is 12.5. The maximum absolute atomic E-state index is 12.4. The van der Waals surface area contributed by atoms with E-state index in [1.807, 2.05) is 36.0 Å². The first-order valence-corrected chi connectivity index (χ1v) is 8.66. The summed E-state index contributed by atoms with van der Waals surface area (Å²) in [5.41, 5.74) is 2.12. The highest BCUT2D eigenvalue weighted by Gasteiger charge is 2.23. The second-order valence-electron chi connectivity index (χ2n) is 5.65. The molecule has 0 saturated heterocycles. The Bertz CT molecular complexity index is 423. The molecule has 0 aromatic heterocycles. The maximum Gasteiger partial charge on any atom is 0.237 e. The van der Waals surface area contributed by atoms with Gasteiger partial charge in [0.15, 0.2) is 0 Å². The first kappa shape index (κ1) is 15.4. The largest absolute Gasteiger partial charge is 0.325 e. The third-order valence-corrected chi connectivity index (χ3v) is 5.62. The van der Waals surface area contributed by atoms with Gasteiger partial charge in [-0.15, -0.1) is 11.8 Å². The molecular weight excluding hydrogens is 266 g/mol. The fourth-order valence-corrected chi connectivity index (χ4v) is 4.08. The predicted octanol–water partition coefficient (Wildman–Crippen LogP) is 4.78. The number of carbonyl (C=O) groups excluding carboxylic acids is 1. The maximum atomic E-state index is 12.4. The summed E-state index contributed by atoms with van der Waals surface area (Å²) >= 11 is 1.88. The number of benzene rings is 1. The number of anilines is 1. The predicted molar refractivity (Wildman–Crippen MR) is 88.4 cm³/mol. The average Bonchev–Trinajstić information content (AvgIpc) is 2.48. The molecule has 1 aliphatic rings. The molecule has 3 heteroatoms. The highest BCUT2D eigenvalue weighted by Crippen LogP contribution is 2.32. The van der Waals surface area contributed by atoms with Crippen molar-refractivity contribution in [3.63, 3.8) is 0 Å². The van der Waals surface area contributed by atoms with E-state index in [1.165, 1.54) is 37.7 Å². The lowest BCUT2D eigenvalue weighted by atomic mass is 10.0. The standard InChI is InChI=1S/C17H25NOS/c1-3-16(20-15-7-5-4-6-8-15)17(19)18-14-11-9-13(2)10-12-14/h9-12,15-16H,3-8H2,1-2H3,(H,18,19). The molecular formula is C17H25NOS. The molecule has 110 valence electrons. The number of amides is 1. The van der Waals surface area contributed by atoms with Crippen molar-refractivity contribution < 1.29 is 4.79 Å². The van der Waals surface area contributed by atoms with Gasteiger partial charge in [-0.3, -0.25) is 4.79 Å². The van der Waals surface area contributed by atoms with Crippen molar-refractivity contribution in [3.8, 4) is 0 Å². The zero-order chi connectivity index (χ0) is 14.4. The summed E-state index contributed by atoms with van der Waals surface area (Å²) in [6.45, 7) is 4.16. The molecule has 1 amide bonds. The Morgan fingerprint density at radius 1 is 1.25 bits per heavy atom. The summed E-state index contributed by atoms with van der Waals surface area (Å²) in [4.78, 5) is 12.4. The first-order valence-electron chi connectivity index (χ1n) is 7.72. The first-order chi connectivity index (χ1) is 9.69. The van der Waals surface area contributed by atoms with Crippen LogP contribution in [0.15, 0.2) is 24.3 Å². The molecule has 0 radical (unpaired) electrons. The van der Waals surface area contributed by atoms with Crippen LogP contribution in [0.25, 0.3) is 0 Å². The molecule has 2 nitrogen and oxygen atoms in total. The van der Waals surface area contributed by atoms with E-state index in [-0.39, 0.29) is 11.2 Å². The van der Waals surface area contributed by atoms with Crippen LogP contribution in [-0.2, 0) is 4.79 Å². The average molecular weight is 291 g/mol. The Morgan fingerprint density at radius 3 is 2.50 bits per heavy atom. The van der Waals surface area contributed by atoms with Crippen LogP contribution < -0.4 is 5.32 Å². The highest BCUT2D eigenvalue weighted by atomic mass is 32.2. The number of hydrogen-bond donors (Lipinski definition) is 1. The molecule has 0 bridgehead atoms. The lowest BCUT2D eigenvalue weighted by Crippen LogP contribution is -2.27.